The summed E-state index contributed by atoms with van der Waals surface area (Å²) in [6.45, 7) is 2.00. The van der Waals surface area contributed by atoms with Gasteiger partial charge in [0.05, 0.1) is 6.42 Å². The van der Waals surface area contributed by atoms with Crippen LogP contribution < -0.4 is 5.32 Å². The normalized spacial score (nSPS) is 17.9. The molecule has 0 saturated heterocycles. The lowest BCUT2D eigenvalue weighted by atomic mass is 10.0. The first-order chi connectivity index (χ1) is 8.11. The molecular weight excluding hydrogens is 218 g/mol. The summed E-state index contributed by atoms with van der Waals surface area (Å²) in [5.74, 6) is -0.302. The predicted molar refractivity (Wildman–Crippen MR) is 65.7 cm³/mol. The van der Waals surface area contributed by atoms with Crippen LogP contribution in [0.3, 0.4) is 0 Å². The summed E-state index contributed by atoms with van der Waals surface area (Å²) in [5.41, 5.74) is 0. The van der Waals surface area contributed by atoms with Gasteiger partial charge in [-0.25, -0.2) is 0 Å². The van der Waals surface area contributed by atoms with Gasteiger partial charge >= 0.3 is 5.97 Å². The van der Waals surface area contributed by atoms with Crippen molar-refractivity contribution in [2.24, 2.45) is 5.92 Å². The average molecular weight is 241 g/mol. The van der Waals surface area contributed by atoms with E-state index in [1.54, 1.807) is 0 Å². The lowest BCUT2D eigenvalue weighted by Crippen LogP contribution is -2.37. The minimum Gasteiger partial charge on any atom is -0.481 e. The number of carboxylic acids is 1. The highest BCUT2D eigenvalue weighted by molar-refractivity contribution is 5.77. The van der Waals surface area contributed by atoms with Gasteiger partial charge in [-0.1, -0.05) is 26.2 Å². The number of aliphatic carboxylic acids is 1. The minimum absolute atomic E-state index is 0.0246. The molecule has 17 heavy (non-hydrogen) atoms. The number of hydrogen-bond acceptors (Lipinski definition) is 2. The van der Waals surface area contributed by atoms with Crippen LogP contribution in [-0.2, 0) is 9.59 Å². The molecule has 1 amide bonds. The topological polar surface area (TPSA) is 66.4 Å². The molecule has 2 N–H and O–H groups in total. The number of carboxylic acid groups (broad SMARTS) is 1. The molecule has 1 fully saturated rings. The molecule has 1 saturated carbocycles. The molecule has 1 atom stereocenters. The molecule has 0 aromatic carbocycles. The third kappa shape index (κ3) is 5.71. The van der Waals surface area contributed by atoms with Crippen LogP contribution in [0.5, 0.6) is 0 Å². The highest BCUT2D eigenvalue weighted by Gasteiger charge is 2.20. The van der Waals surface area contributed by atoms with E-state index in [1.165, 1.54) is 12.8 Å². The Morgan fingerprint density at radius 2 is 2.00 bits per heavy atom. The maximum Gasteiger partial charge on any atom is 0.305 e. The Morgan fingerprint density at radius 3 is 2.53 bits per heavy atom. The zero-order chi connectivity index (χ0) is 12.7. The van der Waals surface area contributed by atoms with Gasteiger partial charge in [0.1, 0.15) is 0 Å². The Bertz CT molecular complexity index is 259. The van der Waals surface area contributed by atoms with E-state index in [4.69, 9.17) is 5.11 Å². The second kappa shape index (κ2) is 7.30. The van der Waals surface area contributed by atoms with E-state index in [1.807, 2.05) is 6.92 Å². The Kier molecular flexibility index (Phi) is 6.01. The molecule has 98 valence electrons. The van der Waals surface area contributed by atoms with Crippen LogP contribution in [0, 0.1) is 5.92 Å². The fourth-order valence-electron chi connectivity index (χ4n) is 2.55. The molecule has 0 heterocycles. The zero-order valence-corrected chi connectivity index (χ0v) is 10.6. The van der Waals surface area contributed by atoms with Crippen LogP contribution in [0.15, 0.2) is 0 Å². The van der Waals surface area contributed by atoms with Gasteiger partial charge in [-0.2, -0.15) is 0 Å². The first kappa shape index (κ1) is 14.0. The van der Waals surface area contributed by atoms with Crippen LogP contribution in [0.2, 0.25) is 0 Å². The molecule has 1 aliphatic carbocycles. The molecule has 0 aromatic rings. The first-order valence-corrected chi connectivity index (χ1v) is 6.63. The van der Waals surface area contributed by atoms with Gasteiger partial charge in [0.25, 0.3) is 0 Å². The van der Waals surface area contributed by atoms with Gasteiger partial charge < -0.3 is 10.4 Å². The Morgan fingerprint density at radius 1 is 1.35 bits per heavy atom. The molecule has 0 aromatic heterocycles. The smallest absolute Gasteiger partial charge is 0.305 e. The summed E-state index contributed by atoms with van der Waals surface area (Å²) in [7, 11) is 0. The number of rotatable bonds is 7. The quantitative estimate of drug-likeness (QED) is 0.719. The van der Waals surface area contributed by atoms with E-state index < -0.39 is 5.97 Å². The van der Waals surface area contributed by atoms with Crippen LogP contribution in [0.4, 0.5) is 0 Å². The molecule has 1 unspecified atom stereocenters. The van der Waals surface area contributed by atoms with Crippen molar-refractivity contribution in [1.82, 2.24) is 5.32 Å². The highest BCUT2D eigenvalue weighted by Crippen LogP contribution is 2.27. The maximum atomic E-state index is 11.8. The van der Waals surface area contributed by atoms with E-state index in [-0.39, 0.29) is 18.4 Å². The van der Waals surface area contributed by atoms with Crippen molar-refractivity contribution < 1.29 is 14.7 Å². The fourth-order valence-corrected chi connectivity index (χ4v) is 2.55. The zero-order valence-electron chi connectivity index (χ0n) is 10.6. The molecule has 4 nitrogen and oxygen atoms in total. The van der Waals surface area contributed by atoms with E-state index in [9.17, 15) is 9.59 Å². The average Bonchev–Trinajstić information content (AvgIpc) is 2.69. The number of nitrogens with one attached hydrogen (secondary N) is 1. The van der Waals surface area contributed by atoms with E-state index >= 15 is 0 Å². The summed E-state index contributed by atoms with van der Waals surface area (Å²) in [5, 5.41) is 11.6. The summed E-state index contributed by atoms with van der Waals surface area (Å²) in [6.07, 6.45) is 6.97. The van der Waals surface area contributed by atoms with Crippen LogP contribution in [0.25, 0.3) is 0 Å². The maximum absolute atomic E-state index is 11.8. The SMILES string of the molecule is CCCC(CC(=O)O)NC(=O)CC1CCCC1. The minimum atomic E-state index is -0.843. The largest absolute Gasteiger partial charge is 0.481 e. The molecule has 0 spiro atoms. The molecule has 0 aliphatic heterocycles. The summed E-state index contributed by atoms with van der Waals surface area (Å²) < 4.78 is 0. The first-order valence-electron chi connectivity index (χ1n) is 6.63. The second-order valence-electron chi connectivity index (χ2n) is 5.01. The van der Waals surface area contributed by atoms with Crippen LogP contribution in [-0.4, -0.2) is 23.0 Å². The lowest BCUT2D eigenvalue weighted by Gasteiger charge is -2.17. The summed E-state index contributed by atoms with van der Waals surface area (Å²) in [4.78, 5) is 22.4. The second-order valence-corrected chi connectivity index (χ2v) is 5.01. The van der Waals surface area contributed by atoms with Crippen molar-refractivity contribution in [3.05, 3.63) is 0 Å². The number of amides is 1. The van der Waals surface area contributed by atoms with Crippen LogP contribution >= 0.6 is 0 Å². The third-order valence-electron chi connectivity index (χ3n) is 3.37. The van der Waals surface area contributed by atoms with Gasteiger partial charge in [-0.3, -0.25) is 9.59 Å². The number of carbonyl (C=O) groups excluding carboxylic acids is 1. The Hall–Kier alpha value is -1.06. The standard InChI is InChI=1S/C13H23NO3/c1-2-5-11(9-13(16)17)14-12(15)8-10-6-3-4-7-10/h10-11H,2-9H2,1H3,(H,14,15)(H,16,17). The summed E-state index contributed by atoms with van der Waals surface area (Å²) >= 11 is 0. The molecular formula is C13H23NO3. The van der Waals surface area contributed by atoms with Crippen molar-refractivity contribution in [2.45, 2.75) is 64.3 Å². The van der Waals surface area contributed by atoms with Gasteiger partial charge in [-0.05, 0) is 25.2 Å². The highest BCUT2D eigenvalue weighted by atomic mass is 16.4. The molecule has 0 bridgehead atoms. The molecule has 0 radical (unpaired) electrons. The molecule has 1 aliphatic rings. The fraction of sp³-hybridized carbons (Fsp3) is 0.846. The van der Waals surface area contributed by atoms with Crippen molar-refractivity contribution in [3.8, 4) is 0 Å². The van der Waals surface area contributed by atoms with Crippen molar-refractivity contribution in [1.29, 1.82) is 0 Å². The van der Waals surface area contributed by atoms with Crippen molar-refractivity contribution in [3.63, 3.8) is 0 Å². The monoisotopic (exact) mass is 241 g/mol. The molecule has 1 rings (SSSR count). The van der Waals surface area contributed by atoms with Crippen LogP contribution in [0.1, 0.15) is 58.3 Å². The molecule has 4 heteroatoms. The van der Waals surface area contributed by atoms with Gasteiger partial charge in [0.15, 0.2) is 0 Å². The Labute approximate surface area is 103 Å². The number of hydrogen-bond donors (Lipinski definition) is 2. The predicted octanol–water partition coefficient (Wildman–Crippen LogP) is 2.33. The van der Waals surface area contributed by atoms with Gasteiger partial charge in [-0.15, -0.1) is 0 Å². The number of carbonyl (C=O) groups is 2. The Balaban J connectivity index is 2.31. The van der Waals surface area contributed by atoms with E-state index in [2.05, 4.69) is 5.32 Å². The van der Waals surface area contributed by atoms with E-state index in [0.717, 1.165) is 25.7 Å². The van der Waals surface area contributed by atoms with Gasteiger partial charge in [0.2, 0.25) is 5.91 Å². The summed E-state index contributed by atoms with van der Waals surface area (Å²) in [6, 6.07) is -0.202. The van der Waals surface area contributed by atoms with Crippen molar-refractivity contribution >= 4 is 11.9 Å². The van der Waals surface area contributed by atoms with Crippen molar-refractivity contribution in [2.75, 3.05) is 0 Å². The van der Waals surface area contributed by atoms with Gasteiger partial charge in [0, 0.05) is 12.5 Å². The third-order valence-corrected chi connectivity index (χ3v) is 3.37. The lowest BCUT2D eigenvalue weighted by molar-refractivity contribution is -0.137. The van der Waals surface area contributed by atoms with E-state index in [0.29, 0.717) is 12.3 Å².